The van der Waals surface area contributed by atoms with Gasteiger partial charge in [0.15, 0.2) is 0 Å². The molecule has 4 N–H and O–H groups in total. The van der Waals surface area contributed by atoms with Gasteiger partial charge < -0.3 is 10.3 Å². The molecule has 118 valence electrons. The van der Waals surface area contributed by atoms with Gasteiger partial charge in [0, 0.05) is 17.1 Å². The Labute approximate surface area is 131 Å². The smallest absolute Gasteiger partial charge is 0.260 e. The highest BCUT2D eigenvalue weighted by Gasteiger charge is 2.12. The summed E-state index contributed by atoms with van der Waals surface area (Å²) in [6, 6.07) is 6.19. The highest BCUT2D eigenvalue weighted by Crippen LogP contribution is 2.20. The molecule has 0 unspecified atom stereocenters. The van der Waals surface area contributed by atoms with Gasteiger partial charge in [-0.2, -0.15) is 0 Å². The first-order valence-electron chi connectivity index (χ1n) is 6.37. The molecule has 0 aromatic carbocycles. The van der Waals surface area contributed by atoms with E-state index in [0.29, 0.717) is 12.1 Å². The molecule has 0 aliphatic heterocycles. The van der Waals surface area contributed by atoms with E-state index in [-0.39, 0.29) is 16.3 Å². The first-order valence-corrected chi connectivity index (χ1v) is 8.73. The molecule has 0 saturated carbocycles. The van der Waals surface area contributed by atoms with Crippen LogP contribution < -0.4 is 16.0 Å². The van der Waals surface area contributed by atoms with Crippen molar-refractivity contribution in [2.45, 2.75) is 17.6 Å². The molecule has 2 heterocycles. The Morgan fingerprint density at radius 1 is 1.32 bits per heavy atom. The molecule has 0 fully saturated rings. The molecule has 2 aromatic heterocycles. The minimum atomic E-state index is -3.69. The van der Waals surface area contributed by atoms with E-state index in [1.165, 1.54) is 12.1 Å². The lowest BCUT2D eigenvalue weighted by atomic mass is 10.2. The third-order valence-corrected chi connectivity index (χ3v) is 5.46. The predicted molar refractivity (Wildman–Crippen MR) is 83.5 cm³/mol. The maximum absolute atomic E-state index is 11.9. The Morgan fingerprint density at radius 3 is 2.64 bits per heavy atom. The van der Waals surface area contributed by atoms with Crippen LogP contribution in [0.2, 0.25) is 0 Å². The Kier molecular flexibility index (Phi) is 4.79. The second kappa shape index (κ2) is 6.42. The number of amides is 1. The van der Waals surface area contributed by atoms with Gasteiger partial charge in [0.2, 0.25) is 10.0 Å². The van der Waals surface area contributed by atoms with Crippen LogP contribution in [0.15, 0.2) is 33.3 Å². The first kappa shape index (κ1) is 16.4. The Hall–Kier alpha value is -1.97. The number of hydrogen-bond acceptors (Lipinski definition) is 5. The summed E-state index contributed by atoms with van der Waals surface area (Å²) >= 11 is 1.06. The number of nitrogens with one attached hydrogen (secondary N) is 2. The molecule has 0 spiro atoms. The number of aromatic amines is 1. The van der Waals surface area contributed by atoms with E-state index in [0.717, 1.165) is 16.2 Å². The van der Waals surface area contributed by atoms with Crippen molar-refractivity contribution >= 4 is 27.3 Å². The molecule has 0 bridgehead atoms. The van der Waals surface area contributed by atoms with Crippen molar-refractivity contribution in [2.75, 3.05) is 6.54 Å². The highest BCUT2D eigenvalue weighted by atomic mass is 32.2. The van der Waals surface area contributed by atoms with Crippen molar-refractivity contribution < 1.29 is 13.2 Å². The molecule has 0 radical (unpaired) electrons. The van der Waals surface area contributed by atoms with Gasteiger partial charge in [-0.25, -0.2) is 13.6 Å². The zero-order valence-corrected chi connectivity index (χ0v) is 13.4. The van der Waals surface area contributed by atoms with Crippen LogP contribution in [0.25, 0.3) is 0 Å². The van der Waals surface area contributed by atoms with Gasteiger partial charge in [0.05, 0.1) is 0 Å². The van der Waals surface area contributed by atoms with Crippen LogP contribution >= 0.6 is 11.3 Å². The summed E-state index contributed by atoms with van der Waals surface area (Å²) in [6.45, 7) is 2.01. The lowest BCUT2D eigenvalue weighted by Gasteiger charge is -2.04. The SMILES string of the molecule is Cc1ccc(C(=O)NCCc2ccc(S(N)(=O)=O)s2)c(=O)[nH]1. The Bertz CT molecular complexity index is 852. The van der Waals surface area contributed by atoms with Gasteiger partial charge in [-0.15, -0.1) is 11.3 Å². The Morgan fingerprint density at radius 2 is 2.05 bits per heavy atom. The molecule has 0 atom stereocenters. The van der Waals surface area contributed by atoms with Gasteiger partial charge in [0.1, 0.15) is 9.77 Å². The van der Waals surface area contributed by atoms with Crippen molar-refractivity contribution in [3.63, 3.8) is 0 Å². The fourth-order valence-corrected chi connectivity index (χ4v) is 3.57. The minimum Gasteiger partial charge on any atom is -0.352 e. The van der Waals surface area contributed by atoms with E-state index >= 15 is 0 Å². The van der Waals surface area contributed by atoms with Crippen molar-refractivity contribution in [3.05, 3.63) is 50.8 Å². The average Bonchev–Trinajstić information content (AvgIpc) is 2.87. The van der Waals surface area contributed by atoms with Gasteiger partial charge in [-0.1, -0.05) is 0 Å². The number of carbonyl (C=O) groups is 1. The second-order valence-electron chi connectivity index (χ2n) is 4.66. The van der Waals surface area contributed by atoms with Crippen molar-refractivity contribution in [2.24, 2.45) is 5.14 Å². The summed E-state index contributed by atoms with van der Waals surface area (Å²) in [7, 11) is -3.69. The molecule has 0 saturated heterocycles. The topological polar surface area (TPSA) is 122 Å². The number of pyridine rings is 1. The Balaban J connectivity index is 1.95. The molecule has 0 aliphatic carbocycles. The molecule has 2 aromatic rings. The molecular formula is C13H15N3O4S2. The van der Waals surface area contributed by atoms with Crippen molar-refractivity contribution in [3.8, 4) is 0 Å². The van der Waals surface area contributed by atoms with E-state index in [1.807, 2.05) is 0 Å². The van der Waals surface area contributed by atoms with Gasteiger partial charge in [-0.05, 0) is 37.6 Å². The van der Waals surface area contributed by atoms with Crippen LogP contribution in [-0.4, -0.2) is 25.9 Å². The monoisotopic (exact) mass is 341 g/mol. The van der Waals surface area contributed by atoms with Crippen LogP contribution in [0, 0.1) is 6.92 Å². The van der Waals surface area contributed by atoms with E-state index < -0.39 is 21.5 Å². The zero-order valence-electron chi connectivity index (χ0n) is 11.8. The number of aryl methyl sites for hydroxylation is 1. The number of H-pyrrole nitrogens is 1. The maximum Gasteiger partial charge on any atom is 0.260 e. The van der Waals surface area contributed by atoms with Crippen molar-refractivity contribution in [1.82, 2.24) is 10.3 Å². The van der Waals surface area contributed by atoms with E-state index in [1.54, 1.807) is 19.1 Å². The third kappa shape index (κ3) is 4.03. The quantitative estimate of drug-likeness (QED) is 0.727. The number of thiophene rings is 1. The van der Waals surface area contributed by atoms with Gasteiger partial charge >= 0.3 is 0 Å². The number of carbonyl (C=O) groups excluding carboxylic acids is 1. The zero-order chi connectivity index (χ0) is 16.3. The fraction of sp³-hybridized carbons (Fsp3) is 0.231. The lowest BCUT2D eigenvalue weighted by Crippen LogP contribution is -2.31. The van der Waals surface area contributed by atoms with E-state index in [9.17, 15) is 18.0 Å². The highest BCUT2D eigenvalue weighted by molar-refractivity contribution is 7.91. The summed E-state index contributed by atoms with van der Waals surface area (Å²) in [5.41, 5.74) is 0.280. The second-order valence-corrected chi connectivity index (χ2v) is 7.61. The van der Waals surface area contributed by atoms with Gasteiger partial charge in [-0.3, -0.25) is 9.59 Å². The van der Waals surface area contributed by atoms with Crippen LogP contribution in [0.4, 0.5) is 0 Å². The summed E-state index contributed by atoms with van der Waals surface area (Å²) in [5.74, 6) is -0.468. The summed E-state index contributed by atoms with van der Waals surface area (Å²) in [6.07, 6.45) is 0.454. The van der Waals surface area contributed by atoms with Gasteiger partial charge in [0.25, 0.3) is 11.5 Å². The minimum absolute atomic E-state index is 0.0435. The first-order chi connectivity index (χ1) is 10.3. The lowest BCUT2D eigenvalue weighted by molar-refractivity contribution is 0.0952. The number of sulfonamides is 1. The van der Waals surface area contributed by atoms with Crippen LogP contribution in [0.5, 0.6) is 0 Å². The maximum atomic E-state index is 11.9. The van der Waals surface area contributed by atoms with Crippen LogP contribution in [0.1, 0.15) is 20.9 Å². The van der Waals surface area contributed by atoms with E-state index in [2.05, 4.69) is 10.3 Å². The summed E-state index contributed by atoms with van der Waals surface area (Å²) in [5, 5.41) is 7.65. The number of nitrogens with two attached hydrogens (primary N) is 1. The number of primary sulfonamides is 1. The molecule has 7 nitrogen and oxygen atoms in total. The van der Waals surface area contributed by atoms with E-state index in [4.69, 9.17) is 5.14 Å². The standard InChI is InChI=1S/C13H15N3O4S2/c1-8-2-4-10(13(18)16-8)12(17)15-7-6-9-3-5-11(21-9)22(14,19)20/h2-5H,6-7H2,1H3,(H,15,17)(H,16,18)(H2,14,19,20). The fourth-order valence-electron chi connectivity index (χ4n) is 1.79. The molecule has 22 heavy (non-hydrogen) atoms. The predicted octanol–water partition coefficient (Wildman–Crippen LogP) is 0.365. The molecule has 2 rings (SSSR count). The van der Waals surface area contributed by atoms with Crippen molar-refractivity contribution in [1.29, 1.82) is 0 Å². The largest absolute Gasteiger partial charge is 0.352 e. The van der Waals surface area contributed by atoms with Crippen LogP contribution in [0.3, 0.4) is 0 Å². The number of aromatic nitrogens is 1. The number of hydrogen-bond donors (Lipinski definition) is 3. The molecule has 0 aliphatic rings. The molecule has 1 amide bonds. The van der Waals surface area contributed by atoms with Crippen LogP contribution in [-0.2, 0) is 16.4 Å². The molecule has 9 heteroatoms. The normalized spacial score (nSPS) is 11.4. The third-order valence-electron chi connectivity index (χ3n) is 2.87. The summed E-state index contributed by atoms with van der Waals surface area (Å²) < 4.78 is 22.4. The summed E-state index contributed by atoms with van der Waals surface area (Å²) in [4.78, 5) is 26.9. The number of rotatable bonds is 5. The molecular weight excluding hydrogens is 326 g/mol. The average molecular weight is 341 g/mol.